The first-order valence-electron chi connectivity index (χ1n) is 6.23. The quantitative estimate of drug-likeness (QED) is 0.653. The van der Waals surface area contributed by atoms with Crippen molar-refractivity contribution in [2.24, 2.45) is 0 Å². The predicted octanol–water partition coefficient (Wildman–Crippen LogP) is 4.31. The molecule has 3 aromatic carbocycles. The number of aryl methyl sites for hydroxylation is 2. The number of rotatable bonds is 1. The van der Waals surface area contributed by atoms with E-state index in [0.717, 1.165) is 32.7 Å². The molecule has 0 fully saturated rings. The van der Waals surface area contributed by atoms with Gasteiger partial charge in [0.15, 0.2) is 0 Å². The van der Waals surface area contributed by atoms with E-state index in [0.29, 0.717) is 5.56 Å². The minimum Gasteiger partial charge on any atom is -0.478 e. The van der Waals surface area contributed by atoms with Crippen LogP contribution in [0.5, 0.6) is 0 Å². The number of benzene rings is 3. The molecule has 0 saturated carbocycles. The Morgan fingerprint density at radius 2 is 1.47 bits per heavy atom. The minimum atomic E-state index is -0.876. The fourth-order valence-corrected chi connectivity index (χ4v) is 2.57. The number of hydrogen-bond donors (Lipinski definition) is 1. The molecule has 0 saturated heterocycles. The van der Waals surface area contributed by atoms with Gasteiger partial charge in [-0.05, 0) is 41.5 Å². The normalized spacial score (nSPS) is 11.1. The number of hydrogen-bond acceptors (Lipinski definition) is 1. The molecule has 0 aliphatic carbocycles. The molecule has 1 N–H and O–H groups in total. The van der Waals surface area contributed by atoms with Gasteiger partial charge in [-0.15, -0.1) is 0 Å². The number of carboxylic acid groups (broad SMARTS) is 1. The molecule has 0 radical (unpaired) electrons. The van der Waals surface area contributed by atoms with Crippen molar-refractivity contribution in [2.75, 3.05) is 0 Å². The minimum absolute atomic E-state index is 0.372. The molecule has 0 aliphatic heterocycles. The lowest BCUT2D eigenvalue weighted by molar-refractivity contribution is 0.0699. The number of fused-ring (bicyclic) bond motifs is 3. The Morgan fingerprint density at radius 3 is 2.16 bits per heavy atom. The predicted molar refractivity (Wildman–Crippen MR) is 77.9 cm³/mol. The van der Waals surface area contributed by atoms with Crippen LogP contribution in [-0.4, -0.2) is 11.1 Å². The van der Waals surface area contributed by atoms with Crippen LogP contribution in [0.2, 0.25) is 0 Å². The summed E-state index contributed by atoms with van der Waals surface area (Å²) in [6, 6.07) is 13.9. The Bertz CT molecular complexity index is 816. The molecule has 0 aliphatic rings. The van der Waals surface area contributed by atoms with Gasteiger partial charge in [-0.2, -0.15) is 0 Å². The highest BCUT2D eigenvalue weighted by Crippen LogP contribution is 2.30. The molecule has 3 rings (SSSR count). The molecule has 94 valence electrons. The van der Waals surface area contributed by atoms with E-state index in [9.17, 15) is 9.90 Å². The lowest BCUT2D eigenvalue weighted by Crippen LogP contribution is -1.98. The fourth-order valence-electron chi connectivity index (χ4n) is 2.57. The van der Waals surface area contributed by atoms with Crippen LogP contribution in [-0.2, 0) is 0 Å². The van der Waals surface area contributed by atoms with Crippen LogP contribution in [0.3, 0.4) is 0 Å². The molecular weight excluding hydrogens is 236 g/mol. The van der Waals surface area contributed by atoms with E-state index in [1.165, 1.54) is 0 Å². The molecule has 0 heterocycles. The molecule has 0 aromatic heterocycles. The topological polar surface area (TPSA) is 37.3 Å². The van der Waals surface area contributed by atoms with Gasteiger partial charge in [-0.1, -0.05) is 47.5 Å². The molecule has 0 amide bonds. The maximum atomic E-state index is 11.5. The summed E-state index contributed by atoms with van der Waals surface area (Å²) >= 11 is 0. The molecule has 0 spiro atoms. The largest absolute Gasteiger partial charge is 0.478 e. The second-order valence-electron chi connectivity index (χ2n) is 5.00. The van der Waals surface area contributed by atoms with E-state index in [1.807, 2.05) is 38.1 Å². The summed E-state index contributed by atoms with van der Waals surface area (Å²) in [6.45, 7) is 3.99. The van der Waals surface area contributed by atoms with Crippen molar-refractivity contribution in [2.45, 2.75) is 13.8 Å². The van der Waals surface area contributed by atoms with Gasteiger partial charge in [0.25, 0.3) is 0 Å². The van der Waals surface area contributed by atoms with E-state index in [-0.39, 0.29) is 0 Å². The SMILES string of the molecule is Cc1ccc2c(c1)cc(C(=O)O)c1cc(C)ccc12. The third-order valence-electron chi connectivity index (χ3n) is 3.49. The highest BCUT2D eigenvalue weighted by atomic mass is 16.4. The Morgan fingerprint density at radius 1 is 0.842 bits per heavy atom. The Labute approximate surface area is 111 Å². The number of carbonyl (C=O) groups is 1. The van der Waals surface area contributed by atoms with Crippen LogP contribution in [0.25, 0.3) is 21.5 Å². The van der Waals surface area contributed by atoms with Gasteiger partial charge >= 0.3 is 5.97 Å². The van der Waals surface area contributed by atoms with Gasteiger partial charge in [0.1, 0.15) is 0 Å². The van der Waals surface area contributed by atoms with Crippen LogP contribution in [0.15, 0.2) is 42.5 Å². The first-order valence-corrected chi connectivity index (χ1v) is 6.23. The lowest BCUT2D eigenvalue weighted by Gasteiger charge is -2.09. The molecule has 0 unspecified atom stereocenters. The summed E-state index contributed by atoms with van der Waals surface area (Å²) in [4.78, 5) is 11.5. The average molecular weight is 250 g/mol. The summed E-state index contributed by atoms with van der Waals surface area (Å²) in [7, 11) is 0. The van der Waals surface area contributed by atoms with Gasteiger partial charge in [0.05, 0.1) is 5.56 Å². The Balaban J connectivity index is 2.56. The summed E-state index contributed by atoms with van der Waals surface area (Å²) in [5, 5.41) is 13.3. The van der Waals surface area contributed by atoms with E-state index in [1.54, 1.807) is 6.07 Å². The molecule has 2 heteroatoms. The van der Waals surface area contributed by atoms with Crippen LogP contribution < -0.4 is 0 Å². The van der Waals surface area contributed by atoms with Crippen molar-refractivity contribution >= 4 is 27.5 Å². The fraction of sp³-hybridized carbons (Fsp3) is 0.118. The number of aromatic carboxylic acids is 1. The zero-order valence-corrected chi connectivity index (χ0v) is 10.9. The van der Waals surface area contributed by atoms with Gasteiger partial charge in [0, 0.05) is 0 Å². The zero-order valence-electron chi connectivity index (χ0n) is 10.9. The van der Waals surface area contributed by atoms with Crippen LogP contribution in [0, 0.1) is 13.8 Å². The summed E-state index contributed by atoms with van der Waals surface area (Å²) in [5.74, 6) is -0.876. The maximum Gasteiger partial charge on any atom is 0.336 e. The summed E-state index contributed by atoms with van der Waals surface area (Å²) in [5.41, 5.74) is 2.58. The number of carboxylic acids is 1. The third kappa shape index (κ3) is 1.85. The smallest absolute Gasteiger partial charge is 0.336 e. The van der Waals surface area contributed by atoms with E-state index >= 15 is 0 Å². The van der Waals surface area contributed by atoms with Crippen molar-refractivity contribution in [1.29, 1.82) is 0 Å². The van der Waals surface area contributed by atoms with Crippen LogP contribution in [0.1, 0.15) is 21.5 Å². The monoisotopic (exact) mass is 250 g/mol. The maximum absolute atomic E-state index is 11.5. The average Bonchev–Trinajstić information content (AvgIpc) is 2.37. The first kappa shape index (κ1) is 11.7. The van der Waals surface area contributed by atoms with E-state index in [2.05, 4.69) is 12.1 Å². The van der Waals surface area contributed by atoms with Crippen molar-refractivity contribution in [1.82, 2.24) is 0 Å². The second-order valence-corrected chi connectivity index (χ2v) is 5.00. The van der Waals surface area contributed by atoms with Crippen molar-refractivity contribution in [3.05, 3.63) is 59.2 Å². The molecular formula is C17H14O2. The molecule has 0 bridgehead atoms. The Kier molecular flexibility index (Phi) is 2.53. The molecule has 3 aromatic rings. The molecule has 19 heavy (non-hydrogen) atoms. The zero-order chi connectivity index (χ0) is 13.6. The van der Waals surface area contributed by atoms with Crippen molar-refractivity contribution in [3.8, 4) is 0 Å². The third-order valence-corrected chi connectivity index (χ3v) is 3.49. The Hall–Kier alpha value is -2.35. The van der Waals surface area contributed by atoms with Gasteiger partial charge < -0.3 is 5.11 Å². The first-order chi connectivity index (χ1) is 9.06. The summed E-state index contributed by atoms with van der Waals surface area (Å²) in [6.07, 6.45) is 0. The molecule has 0 atom stereocenters. The highest BCUT2D eigenvalue weighted by molar-refractivity contribution is 6.15. The van der Waals surface area contributed by atoms with Gasteiger partial charge in [-0.25, -0.2) is 4.79 Å². The van der Waals surface area contributed by atoms with Gasteiger partial charge in [-0.3, -0.25) is 0 Å². The summed E-state index contributed by atoms with van der Waals surface area (Å²) < 4.78 is 0. The van der Waals surface area contributed by atoms with Crippen molar-refractivity contribution in [3.63, 3.8) is 0 Å². The van der Waals surface area contributed by atoms with Crippen LogP contribution >= 0.6 is 0 Å². The van der Waals surface area contributed by atoms with Gasteiger partial charge in [0.2, 0.25) is 0 Å². The lowest BCUT2D eigenvalue weighted by atomic mass is 9.95. The van der Waals surface area contributed by atoms with E-state index < -0.39 is 5.97 Å². The molecule has 2 nitrogen and oxygen atoms in total. The highest BCUT2D eigenvalue weighted by Gasteiger charge is 2.12. The second kappa shape index (κ2) is 4.09. The van der Waals surface area contributed by atoms with Crippen molar-refractivity contribution < 1.29 is 9.90 Å². The standard InChI is InChI=1S/C17H14O2/c1-10-3-5-13-12(7-10)9-16(17(18)19)15-8-11(2)4-6-14(13)15/h3-9H,1-2H3,(H,18,19). The van der Waals surface area contributed by atoms with Crippen LogP contribution in [0.4, 0.5) is 0 Å². The van der Waals surface area contributed by atoms with E-state index in [4.69, 9.17) is 0 Å².